The van der Waals surface area contributed by atoms with Crippen LogP contribution in [0.15, 0.2) is 67.0 Å². The fraction of sp³-hybridized carbons (Fsp3) is 0.276. The number of fused-ring (bicyclic) bond motifs is 1. The predicted molar refractivity (Wildman–Crippen MR) is 148 cm³/mol. The summed E-state index contributed by atoms with van der Waals surface area (Å²) in [4.78, 5) is 35.7. The van der Waals surface area contributed by atoms with Crippen molar-refractivity contribution in [3.63, 3.8) is 0 Å². The van der Waals surface area contributed by atoms with Gasteiger partial charge in [0.1, 0.15) is 5.82 Å². The van der Waals surface area contributed by atoms with E-state index in [1.807, 2.05) is 72.4 Å². The van der Waals surface area contributed by atoms with Gasteiger partial charge < -0.3 is 25.8 Å². The molecule has 8 heteroatoms. The highest BCUT2D eigenvalue weighted by atomic mass is 16.2. The maximum atomic E-state index is 12.2. The monoisotopic (exact) mass is 496 g/mol. The van der Waals surface area contributed by atoms with Crippen molar-refractivity contribution in [3.8, 4) is 0 Å². The van der Waals surface area contributed by atoms with E-state index in [2.05, 4.69) is 27.4 Å². The summed E-state index contributed by atoms with van der Waals surface area (Å²) < 4.78 is 0. The number of aromatic amines is 1. The molecule has 1 saturated heterocycles. The molecule has 0 bridgehead atoms. The Kier molecular flexibility index (Phi) is 6.81. The van der Waals surface area contributed by atoms with E-state index in [-0.39, 0.29) is 5.91 Å². The average molecular weight is 497 g/mol. The number of aromatic nitrogens is 2. The lowest BCUT2D eigenvalue weighted by Gasteiger charge is -2.32. The molecule has 3 heterocycles. The van der Waals surface area contributed by atoms with Crippen LogP contribution in [0.5, 0.6) is 0 Å². The highest BCUT2D eigenvalue weighted by Gasteiger charge is 2.23. The summed E-state index contributed by atoms with van der Waals surface area (Å²) in [5, 5.41) is 4.47. The summed E-state index contributed by atoms with van der Waals surface area (Å²) in [7, 11) is 1.91. The van der Waals surface area contributed by atoms with Gasteiger partial charge in [0.2, 0.25) is 5.91 Å². The number of benzene rings is 2. The Morgan fingerprint density at radius 2 is 1.86 bits per heavy atom. The number of nitrogens with one attached hydrogen (secondary N) is 2. The van der Waals surface area contributed by atoms with Crippen molar-refractivity contribution in [1.82, 2.24) is 14.9 Å². The first-order valence-corrected chi connectivity index (χ1v) is 12.7. The highest BCUT2D eigenvalue weighted by Crippen LogP contribution is 2.32. The molecule has 0 radical (unpaired) electrons. The minimum atomic E-state index is -0.530. The van der Waals surface area contributed by atoms with E-state index >= 15 is 0 Å². The van der Waals surface area contributed by atoms with Crippen LogP contribution in [-0.4, -0.2) is 46.8 Å². The van der Waals surface area contributed by atoms with Crippen LogP contribution in [0.4, 0.5) is 22.9 Å². The molecule has 0 atom stereocenters. The topological polar surface area (TPSA) is 107 Å². The molecule has 0 spiro atoms. The number of pyridine rings is 1. The number of carbonyl (C=O) groups excluding carboxylic acids is 2. The van der Waals surface area contributed by atoms with Crippen LogP contribution in [0.3, 0.4) is 0 Å². The number of carbonyl (C=O) groups is 2. The Hall–Kier alpha value is -4.33. The zero-order chi connectivity index (χ0) is 25.9. The molecule has 2 amide bonds. The molecule has 190 valence electrons. The van der Waals surface area contributed by atoms with Gasteiger partial charge in [0.15, 0.2) is 0 Å². The first-order valence-electron chi connectivity index (χ1n) is 12.7. The Morgan fingerprint density at radius 3 is 2.57 bits per heavy atom. The Balaban J connectivity index is 1.32. The second kappa shape index (κ2) is 10.3. The first-order chi connectivity index (χ1) is 17.9. The number of hydrogen-bond donors (Lipinski definition) is 3. The number of nitrogens with two attached hydrogens (primary N) is 1. The van der Waals surface area contributed by atoms with Gasteiger partial charge in [-0.25, -0.2) is 4.98 Å². The fourth-order valence-electron chi connectivity index (χ4n) is 5.04. The maximum absolute atomic E-state index is 12.2. The Morgan fingerprint density at radius 1 is 1.11 bits per heavy atom. The predicted octanol–water partition coefficient (Wildman–Crippen LogP) is 5.29. The molecule has 0 aliphatic carbocycles. The normalized spacial score (nSPS) is 14.1. The van der Waals surface area contributed by atoms with E-state index in [9.17, 15) is 9.59 Å². The van der Waals surface area contributed by atoms with Crippen molar-refractivity contribution in [1.29, 1.82) is 0 Å². The average Bonchev–Trinajstić information content (AvgIpc) is 3.41. The zero-order valence-corrected chi connectivity index (χ0v) is 21.2. The van der Waals surface area contributed by atoms with Gasteiger partial charge in [0.25, 0.3) is 5.91 Å². The van der Waals surface area contributed by atoms with Crippen LogP contribution in [0.1, 0.15) is 48.0 Å². The maximum Gasteiger partial charge on any atom is 0.252 e. The van der Waals surface area contributed by atoms with E-state index in [4.69, 9.17) is 5.73 Å². The van der Waals surface area contributed by atoms with Gasteiger partial charge >= 0.3 is 0 Å². The molecule has 0 saturated carbocycles. The number of hydrogen-bond acceptors (Lipinski definition) is 5. The third-order valence-electron chi connectivity index (χ3n) is 7.24. The van der Waals surface area contributed by atoms with Crippen molar-refractivity contribution in [2.45, 2.75) is 32.1 Å². The first kappa shape index (κ1) is 24.4. The number of rotatable bonds is 7. The summed E-state index contributed by atoms with van der Waals surface area (Å²) >= 11 is 0. The summed E-state index contributed by atoms with van der Waals surface area (Å²) in [6.45, 7) is 3.56. The molecule has 2 aromatic heterocycles. The summed E-state index contributed by atoms with van der Waals surface area (Å²) in [5.41, 5.74) is 10.8. The Bertz CT molecular complexity index is 1420. The third-order valence-corrected chi connectivity index (χ3v) is 7.24. The molecule has 37 heavy (non-hydrogen) atoms. The largest absolute Gasteiger partial charge is 0.365 e. The van der Waals surface area contributed by atoms with Gasteiger partial charge in [-0.2, -0.15) is 0 Å². The molecule has 5 rings (SSSR count). The van der Waals surface area contributed by atoms with Crippen LogP contribution in [0.2, 0.25) is 0 Å². The van der Waals surface area contributed by atoms with Crippen molar-refractivity contribution in [3.05, 3.63) is 78.1 Å². The summed E-state index contributed by atoms with van der Waals surface area (Å²) in [5.74, 6) is 0.785. The Labute approximate surface area is 216 Å². The van der Waals surface area contributed by atoms with Gasteiger partial charge in [0, 0.05) is 61.9 Å². The minimum Gasteiger partial charge on any atom is -0.365 e. The quantitative estimate of drug-likeness (QED) is 0.322. The molecule has 1 aliphatic rings. The van der Waals surface area contributed by atoms with Crippen molar-refractivity contribution in [2.75, 3.05) is 30.4 Å². The summed E-state index contributed by atoms with van der Waals surface area (Å²) in [6, 6.07) is 18.3. The molecule has 4 aromatic rings. The molecule has 1 fully saturated rings. The number of H-pyrrole nitrogens is 1. The zero-order valence-electron chi connectivity index (χ0n) is 21.2. The number of piperidine rings is 1. The number of amides is 2. The second-order valence-electron chi connectivity index (χ2n) is 9.51. The van der Waals surface area contributed by atoms with Gasteiger partial charge in [-0.3, -0.25) is 9.59 Å². The second-order valence-corrected chi connectivity index (χ2v) is 9.51. The van der Waals surface area contributed by atoms with Crippen molar-refractivity contribution < 1.29 is 9.59 Å². The van der Waals surface area contributed by atoms with E-state index < -0.39 is 5.91 Å². The van der Waals surface area contributed by atoms with E-state index in [0.29, 0.717) is 29.4 Å². The van der Waals surface area contributed by atoms with Gasteiger partial charge in [-0.05, 0) is 60.0 Å². The number of likely N-dealkylation sites (tertiary alicyclic amines) is 1. The SMILES string of the molecule is CCC(=O)N1CCC(c2ccc(Nc3cc(N(C)c4ccc5cc[nH]c5c4)c(C(N)=O)cn3)cc2)CC1. The molecule has 1 aliphatic heterocycles. The molecule has 0 unspecified atom stereocenters. The number of nitrogens with zero attached hydrogens (tertiary/aromatic N) is 3. The van der Waals surface area contributed by atoms with Gasteiger partial charge in [-0.15, -0.1) is 0 Å². The van der Waals surface area contributed by atoms with Crippen molar-refractivity contribution >= 4 is 45.6 Å². The van der Waals surface area contributed by atoms with Crippen LogP contribution in [0, 0.1) is 0 Å². The number of anilines is 4. The van der Waals surface area contributed by atoms with E-state index in [1.165, 1.54) is 11.8 Å². The molecule has 4 N–H and O–H groups in total. The lowest BCUT2D eigenvalue weighted by Crippen LogP contribution is -2.37. The number of primary amides is 1. The van der Waals surface area contributed by atoms with Crippen molar-refractivity contribution in [2.24, 2.45) is 5.73 Å². The van der Waals surface area contributed by atoms with E-state index in [0.717, 1.165) is 48.2 Å². The van der Waals surface area contributed by atoms with Crippen LogP contribution >= 0.6 is 0 Å². The minimum absolute atomic E-state index is 0.239. The molecule has 2 aromatic carbocycles. The molecular formula is C29H32N6O2. The third kappa shape index (κ3) is 5.14. The van der Waals surface area contributed by atoms with Gasteiger partial charge in [-0.1, -0.05) is 25.1 Å². The summed E-state index contributed by atoms with van der Waals surface area (Å²) in [6.07, 6.45) is 5.96. The van der Waals surface area contributed by atoms with Crippen LogP contribution in [-0.2, 0) is 4.79 Å². The van der Waals surface area contributed by atoms with E-state index in [1.54, 1.807) is 0 Å². The van der Waals surface area contributed by atoms with Gasteiger partial charge in [0.05, 0.1) is 11.3 Å². The fourth-order valence-corrected chi connectivity index (χ4v) is 5.04. The molecular weight excluding hydrogens is 464 g/mol. The van der Waals surface area contributed by atoms with Crippen LogP contribution < -0.4 is 16.0 Å². The van der Waals surface area contributed by atoms with Crippen LogP contribution in [0.25, 0.3) is 10.9 Å². The lowest BCUT2D eigenvalue weighted by molar-refractivity contribution is -0.131. The molecule has 8 nitrogen and oxygen atoms in total. The standard InChI is InChI=1S/C29H32N6O2/c1-3-28(36)35-14-11-20(12-15-35)19-4-7-22(8-5-19)33-27-17-26(24(18-32-27)29(30)37)34(2)23-9-6-21-10-13-31-25(21)16-23/h4-10,13,16-18,20,31H,3,11-12,14-15H2,1-2H3,(H2,30,37)(H,32,33). The lowest BCUT2D eigenvalue weighted by atomic mass is 9.89. The smallest absolute Gasteiger partial charge is 0.252 e. The highest BCUT2D eigenvalue weighted by molar-refractivity contribution is 6.00.